The number of nitrogens with zero attached hydrogens (tertiary/aromatic N) is 2. The number of hydrogen-bond donors (Lipinski definition) is 0. The zero-order chi connectivity index (χ0) is 17.8. The van der Waals surface area contributed by atoms with Crippen molar-refractivity contribution in [1.29, 1.82) is 0 Å². The molecular weight excluding hydrogens is 348 g/mol. The largest absolute Gasteiger partial charge is 0.319 e. The van der Waals surface area contributed by atoms with Gasteiger partial charge in [0.15, 0.2) is 4.80 Å². The fourth-order valence-electron chi connectivity index (χ4n) is 2.73. The Hall–Kier alpha value is -1.85. The van der Waals surface area contributed by atoms with E-state index >= 15 is 0 Å². The molecule has 1 aromatic heterocycles. The van der Waals surface area contributed by atoms with Crippen LogP contribution in [0.1, 0.15) is 35.7 Å². The third-order valence-electron chi connectivity index (χ3n) is 4.21. The molecule has 0 saturated heterocycles. The van der Waals surface area contributed by atoms with Crippen LogP contribution in [0.5, 0.6) is 0 Å². The first-order valence-electron chi connectivity index (χ1n) is 8.44. The second-order valence-corrected chi connectivity index (χ2v) is 7.89. The van der Waals surface area contributed by atoms with Gasteiger partial charge >= 0.3 is 0 Å². The molecule has 0 N–H and O–H groups in total. The number of thiazole rings is 1. The molecule has 25 heavy (non-hydrogen) atoms. The fourth-order valence-corrected chi connectivity index (χ4v) is 4.27. The van der Waals surface area contributed by atoms with Gasteiger partial charge in [-0.2, -0.15) is 4.99 Å². The smallest absolute Gasteiger partial charge is 0.279 e. The first kappa shape index (κ1) is 18.0. The van der Waals surface area contributed by atoms with Crippen LogP contribution in [0.2, 0.25) is 0 Å². The standard InChI is InChI=1S/C20H22N2OS2/c1-4-5-7-14-10-11-17-18(12-14)25-20(22(17)2)21-19(23)15-8-6-9-16(13-15)24-3/h6,8-13H,4-5,7H2,1-3H3. The molecule has 0 aliphatic heterocycles. The minimum absolute atomic E-state index is 0.190. The molecule has 0 spiro atoms. The Labute approximate surface area is 156 Å². The van der Waals surface area contributed by atoms with Crippen LogP contribution in [0.15, 0.2) is 52.4 Å². The lowest BCUT2D eigenvalue weighted by Gasteiger charge is -2.01. The van der Waals surface area contributed by atoms with Crippen molar-refractivity contribution in [2.45, 2.75) is 31.1 Å². The molecule has 0 atom stereocenters. The Morgan fingerprint density at radius 3 is 2.84 bits per heavy atom. The number of aryl methyl sites for hydroxylation is 2. The number of rotatable bonds is 5. The molecule has 0 aliphatic rings. The number of unbranched alkanes of at least 4 members (excludes halogenated alkanes) is 1. The van der Waals surface area contributed by atoms with E-state index in [1.807, 2.05) is 42.1 Å². The second kappa shape index (κ2) is 8.02. The average Bonchev–Trinajstić information content (AvgIpc) is 2.95. The van der Waals surface area contributed by atoms with Crippen molar-refractivity contribution in [3.8, 4) is 0 Å². The van der Waals surface area contributed by atoms with Gasteiger partial charge in [-0.3, -0.25) is 4.79 Å². The van der Waals surface area contributed by atoms with Crippen molar-refractivity contribution in [3.05, 3.63) is 58.4 Å². The number of amides is 1. The third-order valence-corrected chi connectivity index (χ3v) is 6.03. The number of carbonyl (C=O) groups excluding carboxylic acids is 1. The maximum absolute atomic E-state index is 12.5. The third kappa shape index (κ3) is 4.05. The van der Waals surface area contributed by atoms with Gasteiger partial charge in [-0.25, -0.2) is 0 Å². The first-order valence-corrected chi connectivity index (χ1v) is 10.5. The summed E-state index contributed by atoms with van der Waals surface area (Å²) in [4.78, 5) is 18.7. The minimum Gasteiger partial charge on any atom is -0.319 e. The summed E-state index contributed by atoms with van der Waals surface area (Å²) in [6, 6.07) is 14.2. The number of aromatic nitrogens is 1. The number of hydrogen-bond acceptors (Lipinski definition) is 3. The van der Waals surface area contributed by atoms with Gasteiger partial charge in [0.1, 0.15) is 0 Å². The molecule has 1 heterocycles. The fraction of sp³-hybridized carbons (Fsp3) is 0.300. The maximum atomic E-state index is 12.5. The maximum Gasteiger partial charge on any atom is 0.279 e. The van der Waals surface area contributed by atoms with E-state index in [4.69, 9.17) is 0 Å². The molecule has 1 amide bonds. The van der Waals surface area contributed by atoms with E-state index in [0.717, 1.165) is 21.6 Å². The molecule has 0 saturated carbocycles. The van der Waals surface area contributed by atoms with E-state index in [2.05, 4.69) is 30.1 Å². The van der Waals surface area contributed by atoms with Gasteiger partial charge in [-0.05, 0) is 55.0 Å². The van der Waals surface area contributed by atoms with Crippen LogP contribution in [0.3, 0.4) is 0 Å². The molecule has 0 aliphatic carbocycles. The molecule has 0 radical (unpaired) electrons. The van der Waals surface area contributed by atoms with Crippen molar-refractivity contribution < 1.29 is 4.79 Å². The molecule has 3 nitrogen and oxygen atoms in total. The van der Waals surface area contributed by atoms with E-state index in [1.165, 1.54) is 23.1 Å². The molecule has 3 aromatic rings. The molecule has 2 aromatic carbocycles. The van der Waals surface area contributed by atoms with Crippen LogP contribution in [0, 0.1) is 0 Å². The van der Waals surface area contributed by atoms with Gasteiger partial charge < -0.3 is 4.57 Å². The van der Waals surface area contributed by atoms with E-state index in [9.17, 15) is 4.79 Å². The van der Waals surface area contributed by atoms with E-state index in [0.29, 0.717) is 5.56 Å². The molecule has 0 bridgehead atoms. The molecule has 0 fully saturated rings. The summed E-state index contributed by atoms with van der Waals surface area (Å²) in [5.74, 6) is -0.190. The number of benzene rings is 2. The Morgan fingerprint density at radius 1 is 1.24 bits per heavy atom. The SMILES string of the molecule is CCCCc1ccc2c(c1)sc(=NC(=O)c1cccc(SC)c1)n2C. The van der Waals surface area contributed by atoms with Crippen LogP contribution >= 0.6 is 23.1 Å². The zero-order valence-electron chi connectivity index (χ0n) is 14.8. The van der Waals surface area contributed by atoms with Gasteiger partial charge in [-0.1, -0.05) is 36.8 Å². The highest BCUT2D eigenvalue weighted by atomic mass is 32.2. The highest BCUT2D eigenvalue weighted by Gasteiger charge is 2.08. The highest BCUT2D eigenvalue weighted by molar-refractivity contribution is 7.98. The van der Waals surface area contributed by atoms with Gasteiger partial charge in [0, 0.05) is 17.5 Å². The van der Waals surface area contributed by atoms with Crippen molar-refractivity contribution in [3.63, 3.8) is 0 Å². The molecule has 5 heteroatoms. The van der Waals surface area contributed by atoms with Gasteiger partial charge in [0.2, 0.25) is 0 Å². The van der Waals surface area contributed by atoms with Crippen LogP contribution in [0.4, 0.5) is 0 Å². The summed E-state index contributed by atoms with van der Waals surface area (Å²) < 4.78 is 3.18. The van der Waals surface area contributed by atoms with Gasteiger partial charge in [0.25, 0.3) is 5.91 Å². The highest BCUT2D eigenvalue weighted by Crippen LogP contribution is 2.20. The monoisotopic (exact) mass is 370 g/mol. The van der Waals surface area contributed by atoms with E-state index in [-0.39, 0.29) is 5.91 Å². The lowest BCUT2D eigenvalue weighted by Crippen LogP contribution is -2.13. The molecule has 0 unspecified atom stereocenters. The summed E-state index contributed by atoms with van der Waals surface area (Å²) in [6.45, 7) is 2.21. The first-order chi connectivity index (χ1) is 12.1. The van der Waals surface area contributed by atoms with Crippen molar-refractivity contribution in [2.75, 3.05) is 6.26 Å². The lowest BCUT2D eigenvalue weighted by atomic mass is 10.1. The molecule has 3 rings (SSSR count). The molecule has 130 valence electrons. The Bertz CT molecular complexity index is 969. The summed E-state index contributed by atoms with van der Waals surface area (Å²) in [5, 5.41) is 0. The van der Waals surface area contributed by atoms with Crippen molar-refractivity contribution in [2.24, 2.45) is 12.0 Å². The van der Waals surface area contributed by atoms with Gasteiger partial charge in [-0.15, -0.1) is 11.8 Å². The van der Waals surface area contributed by atoms with Crippen LogP contribution in [-0.2, 0) is 13.5 Å². The topological polar surface area (TPSA) is 34.4 Å². The normalized spacial score (nSPS) is 12.0. The van der Waals surface area contributed by atoms with Crippen LogP contribution in [0.25, 0.3) is 10.2 Å². The lowest BCUT2D eigenvalue weighted by molar-refractivity contribution is 0.0997. The Kier molecular flexibility index (Phi) is 5.76. The Balaban J connectivity index is 1.97. The predicted molar refractivity (Wildman–Crippen MR) is 108 cm³/mol. The second-order valence-electron chi connectivity index (χ2n) is 6.00. The van der Waals surface area contributed by atoms with Crippen LogP contribution in [-0.4, -0.2) is 16.7 Å². The summed E-state index contributed by atoms with van der Waals surface area (Å²) >= 11 is 3.20. The summed E-state index contributed by atoms with van der Waals surface area (Å²) in [7, 11) is 1.97. The minimum atomic E-state index is -0.190. The van der Waals surface area contributed by atoms with Crippen molar-refractivity contribution in [1.82, 2.24) is 4.57 Å². The number of fused-ring (bicyclic) bond motifs is 1. The summed E-state index contributed by atoms with van der Waals surface area (Å²) in [6.07, 6.45) is 5.49. The van der Waals surface area contributed by atoms with Crippen LogP contribution < -0.4 is 4.80 Å². The zero-order valence-corrected chi connectivity index (χ0v) is 16.4. The Morgan fingerprint density at radius 2 is 2.08 bits per heavy atom. The number of carbonyl (C=O) groups is 1. The average molecular weight is 371 g/mol. The predicted octanol–water partition coefficient (Wildman–Crippen LogP) is 5.05. The summed E-state index contributed by atoms with van der Waals surface area (Å²) in [5.41, 5.74) is 3.10. The van der Waals surface area contributed by atoms with Crippen molar-refractivity contribution >= 4 is 39.2 Å². The van der Waals surface area contributed by atoms with E-state index in [1.54, 1.807) is 23.1 Å². The van der Waals surface area contributed by atoms with Gasteiger partial charge in [0.05, 0.1) is 10.2 Å². The molecular formula is C20H22N2OS2. The number of thioether (sulfide) groups is 1. The quantitative estimate of drug-likeness (QED) is 0.589. The van der Waals surface area contributed by atoms with E-state index < -0.39 is 0 Å².